The van der Waals surface area contributed by atoms with Gasteiger partial charge < -0.3 is 5.73 Å². The van der Waals surface area contributed by atoms with Crippen LogP contribution in [0.2, 0.25) is 5.28 Å². The molecule has 2 N–H and O–H groups in total. The molecule has 0 aromatic carbocycles. The lowest BCUT2D eigenvalue weighted by molar-refractivity contribution is 0.711. The zero-order chi connectivity index (χ0) is 26.1. The molecule has 12 heteroatoms. The number of aromatic nitrogens is 8. The fourth-order valence-electron chi connectivity index (χ4n) is 3.05. The molecular formula is C23H30Br2ClN9. The second kappa shape index (κ2) is 13.6. The third kappa shape index (κ3) is 9.65. The molecule has 0 atom stereocenters. The molecule has 0 saturated heterocycles. The Hall–Kier alpha value is -2.37. The minimum Gasteiger partial charge on any atom is -0.396 e. The van der Waals surface area contributed by atoms with Gasteiger partial charge in [0.15, 0.2) is 0 Å². The number of hydrogen-bond donors (Lipinski definition) is 1. The third-order valence-electron chi connectivity index (χ3n) is 4.53. The number of halogens is 3. The average Bonchev–Trinajstić information content (AvgIpc) is 3.33. The summed E-state index contributed by atoms with van der Waals surface area (Å²) in [7, 11) is 3.82. The standard InChI is InChI=1S/C12H15BrN4.C7H13N3.C4H2BrClN2/c1-8(2)12-9(7-17(3)16-12)4-11-14-5-10(13)6-15-11;1-5(2)7-6(8)4-10(3)9-7;5-3-1-7-4(6)8-2-3/h5-8H,4H2,1-3H3;4-5H,8H2,1-3H3;1-2H. The molecule has 0 saturated carbocycles. The van der Waals surface area contributed by atoms with Crippen molar-refractivity contribution in [2.45, 2.75) is 46.0 Å². The van der Waals surface area contributed by atoms with Gasteiger partial charge in [0.05, 0.1) is 26.0 Å². The zero-order valence-corrected chi connectivity index (χ0v) is 24.5. The summed E-state index contributed by atoms with van der Waals surface area (Å²) in [4.78, 5) is 15.9. The van der Waals surface area contributed by atoms with E-state index in [9.17, 15) is 0 Å². The number of anilines is 1. The maximum Gasteiger partial charge on any atom is 0.222 e. The minimum atomic E-state index is 0.271. The maximum atomic E-state index is 5.66. The van der Waals surface area contributed by atoms with E-state index in [1.54, 1.807) is 29.5 Å². The molecule has 0 radical (unpaired) electrons. The Labute approximate surface area is 227 Å². The molecule has 0 aliphatic carbocycles. The lowest BCUT2D eigenvalue weighted by Crippen LogP contribution is -1.99. The minimum absolute atomic E-state index is 0.271. The van der Waals surface area contributed by atoms with Crippen LogP contribution in [-0.2, 0) is 20.5 Å². The van der Waals surface area contributed by atoms with Gasteiger partial charge in [-0.15, -0.1) is 0 Å². The molecule has 0 amide bonds. The first-order chi connectivity index (χ1) is 16.5. The fourth-order valence-corrected chi connectivity index (χ4v) is 3.55. The highest BCUT2D eigenvalue weighted by molar-refractivity contribution is 9.10. The lowest BCUT2D eigenvalue weighted by Gasteiger charge is -2.04. The first-order valence-electron chi connectivity index (χ1n) is 10.9. The van der Waals surface area contributed by atoms with E-state index in [4.69, 9.17) is 17.3 Å². The van der Waals surface area contributed by atoms with Crippen molar-refractivity contribution in [1.82, 2.24) is 39.5 Å². The van der Waals surface area contributed by atoms with Gasteiger partial charge in [-0.1, -0.05) is 27.7 Å². The molecule has 0 aliphatic rings. The Morgan fingerprint density at radius 3 is 1.66 bits per heavy atom. The number of rotatable bonds is 4. The highest BCUT2D eigenvalue weighted by Crippen LogP contribution is 2.20. The molecule has 4 rings (SSSR count). The predicted molar refractivity (Wildman–Crippen MR) is 146 cm³/mol. The summed E-state index contributed by atoms with van der Waals surface area (Å²) < 4.78 is 5.33. The van der Waals surface area contributed by atoms with E-state index < -0.39 is 0 Å². The van der Waals surface area contributed by atoms with E-state index >= 15 is 0 Å². The van der Waals surface area contributed by atoms with E-state index in [1.807, 2.05) is 31.2 Å². The van der Waals surface area contributed by atoms with Gasteiger partial charge in [0.25, 0.3) is 0 Å². The Bertz CT molecular complexity index is 1170. The van der Waals surface area contributed by atoms with Crippen LogP contribution in [0.25, 0.3) is 0 Å². The number of nitrogens with zero attached hydrogens (tertiary/aromatic N) is 8. The number of hydrogen-bond acceptors (Lipinski definition) is 7. The van der Waals surface area contributed by atoms with Gasteiger partial charge in [-0.2, -0.15) is 10.2 Å². The molecule has 0 unspecified atom stereocenters. The molecule has 0 aliphatic heterocycles. The van der Waals surface area contributed by atoms with Crippen molar-refractivity contribution in [3.05, 3.63) is 74.2 Å². The molecular weight excluding hydrogens is 598 g/mol. The van der Waals surface area contributed by atoms with Crippen molar-refractivity contribution in [2.75, 3.05) is 5.73 Å². The molecule has 188 valence electrons. The van der Waals surface area contributed by atoms with Crippen LogP contribution in [0.5, 0.6) is 0 Å². The van der Waals surface area contributed by atoms with Crippen LogP contribution in [-0.4, -0.2) is 39.5 Å². The molecule has 4 aromatic rings. The third-order valence-corrected chi connectivity index (χ3v) is 5.54. The van der Waals surface area contributed by atoms with Crippen LogP contribution in [0.3, 0.4) is 0 Å². The summed E-state index contributed by atoms with van der Waals surface area (Å²) in [6.45, 7) is 8.46. The summed E-state index contributed by atoms with van der Waals surface area (Å²) in [6.07, 6.45) is 11.3. The SMILES string of the molecule is CC(C)c1nn(C)cc1Cc1ncc(Br)cn1.CC(C)c1nn(C)cc1N.Clc1ncc(Br)cn1. The highest BCUT2D eigenvalue weighted by Gasteiger charge is 2.12. The van der Waals surface area contributed by atoms with E-state index in [0.717, 1.165) is 38.3 Å². The number of nitrogens with two attached hydrogens (primary N) is 1. The van der Waals surface area contributed by atoms with E-state index in [1.165, 1.54) is 5.56 Å². The summed E-state index contributed by atoms with van der Waals surface area (Å²) in [5.74, 6) is 1.66. The smallest absolute Gasteiger partial charge is 0.222 e. The van der Waals surface area contributed by atoms with Crippen LogP contribution in [0.15, 0.2) is 46.1 Å². The van der Waals surface area contributed by atoms with Crippen molar-refractivity contribution in [3.8, 4) is 0 Å². The van der Waals surface area contributed by atoms with Crippen LogP contribution < -0.4 is 5.73 Å². The molecule has 0 spiro atoms. The topological polar surface area (TPSA) is 113 Å². The molecule has 4 heterocycles. The van der Waals surface area contributed by atoms with E-state index in [-0.39, 0.29) is 5.28 Å². The Morgan fingerprint density at radius 2 is 1.26 bits per heavy atom. The average molecular weight is 628 g/mol. The quantitative estimate of drug-likeness (QED) is 0.289. The van der Waals surface area contributed by atoms with E-state index in [0.29, 0.717) is 11.8 Å². The van der Waals surface area contributed by atoms with Crippen LogP contribution in [0, 0.1) is 0 Å². The first-order valence-corrected chi connectivity index (χ1v) is 12.8. The maximum absolute atomic E-state index is 5.66. The van der Waals surface area contributed by atoms with Crippen molar-refractivity contribution in [1.29, 1.82) is 0 Å². The van der Waals surface area contributed by atoms with Gasteiger partial charge in [-0.25, -0.2) is 19.9 Å². The second-order valence-corrected chi connectivity index (χ2v) is 10.5. The summed E-state index contributed by atoms with van der Waals surface area (Å²) in [5, 5.41) is 8.95. The van der Waals surface area contributed by atoms with Crippen molar-refractivity contribution >= 4 is 49.1 Å². The molecule has 9 nitrogen and oxygen atoms in total. The summed E-state index contributed by atoms with van der Waals surface area (Å²) in [6, 6.07) is 0. The van der Waals surface area contributed by atoms with Crippen LogP contribution in [0.4, 0.5) is 5.69 Å². The summed E-state index contributed by atoms with van der Waals surface area (Å²) in [5.41, 5.74) is 9.76. The van der Waals surface area contributed by atoms with E-state index in [2.05, 4.69) is 89.7 Å². The van der Waals surface area contributed by atoms with Gasteiger partial charge >= 0.3 is 0 Å². The van der Waals surface area contributed by atoms with Gasteiger partial charge in [0.2, 0.25) is 5.28 Å². The van der Waals surface area contributed by atoms with Gasteiger partial charge in [-0.05, 0) is 55.3 Å². The Kier molecular flexibility index (Phi) is 11.3. The number of aryl methyl sites for hydroxylation is 2. The van der Waals surface area contributed by atoms with Gasteiger partial charge in [-0.3, -0.25) is 9.36 Å². The molecule has 0 bridgehead atoms. The fraction of sp³-hybridized carbons (Fsp3) is 0.391. The zero-order valence-electron chi connectivity index (χ0n) is 20.6. The molecule has 4 aromatic heterocycles. The Morgan fingerprint density at radius 1 is 0.800 bits per heavy atom. The number of nitrogen functional groups attached to an aromatic ring is 1. The lowest BCUT2D eigenvalue weighted by atomic mass is 10.0. The Balaban J connectivity index is 0.000000204. The van der Waals surface area contributed by atoms with Crippen molar-refractivity contribution in [2.24, 2.45) is 14.1 Å². The first kappa shape index (κ1) is 28.9. The highest BCUT2D eigenvalue weighted by atomic mass is 79.9. The monoisotopic (exact) mass is 625 g/mol. The molecule has 35 heavy (non-hydrogen) atoms. The van der Waals surface area contributed by atoms with Crippen molar-refractivity contribution < 1.29 is 0 Å². The van der Waals surface area contributed by atoms with Crippen LogP contribution in [0.1, 0.15) is 62.3 Å². The second-order valence-electron chi connectivity index (χ2n) is 8.33. The van der Waals surface area contributed by atoms with Gasteiger partial charge in [0.1, 0.15) is 5.82 Å². The largest absolute Gasteiger partial charge is 0.396 e. The summed E-state index contributed by atoms with van der Waals surface area (Å²) >= 11 is 11.9. The predicted octanol–water partition coefficient (Wildman–Crippen LogP) is 5.71. The van der Waals surface area contributed by atoms with Crippen LogP contribution >= 0.6 is 43.5 Å². The van der Waals surface area contributed by atoms with Gasteiger partial charge in [0, 0.05) is 63.3 Å². The van der Waals surface area contributed by atoms with Crippen molar-refractivity contribution in [3.63, 3.8) is 0 Å². The molecule has 0 fully saturated rings. The normalized spacial score (nSPS) is 10.6.